The number of hydrogen-bond acceptors (Lipinski definition) is 4. The predicted molar refractivity (Wildman–Crippen MR) is 72.9 cm³/mol. The van der Waals surface area contributed by atoms with E-state index in [0.29, 0.717) is 18.9 Å². The van der Waals surface area contributed by atoms with E-state index in [9.17, 15) is 14.7 Å². The number of rotatable bonds is 3. The number of amides is 2. The van der Waals surface area contributed by atoms with Gasteiger partial charge in [-0.15, -0.1) is 0 Å². The number of hydrogen-bond donors (Lipinski definition) is 3. The highest BCUT2D eigenvalue weighted by molar-refractivity contribution is 5.83. The second-order valence-corrected chi connectivity index (χ2v) is 6.23. The maximum Gasteiger partial charge on any atom is 0.237 e. The molecule has 0 aromatic carbocycles. The number of carbonyl (C=O) groups is 2. The predicted octanol–water partition coefficient (Wildman–Crippen LogP) is -0.774. The van der Waals surface area contributed by atoms with Crippen molar-refractivity contribution in [2.75, 3.05) is 19.6 Å². The van der Waals surface area contributed by atoms with Crippen LogP contribution in [0.5, 0.6) is 0 Å². The minimum atomic E-state index is -0.413. The Balaban J connectivity index is 1.41. The van der Waals surface area contributed by atoms with Crippen LogP contribution in [0.15, 0.2) is 0 Å². The molecule has 2 saturated heterocycles. The molecule has 0 bridgehead atoms. The van der Waals surface area contributed by atoms with Crippen LogP contribution in [0.3, 0.4) is 0 Å². The van der Waals surface area contributed by atoms with Gasteiger partial charge < -0.3 is 20.6 Å². The summed E-state index contributed by atoms with van der Waals surface area (Å²) in [5.41, 5.74) is 0. The Morgan fingerprint density at radius 1 is 1.15 bits per heavy atom. The van der Waals surface area contributed by atoms with Gasteiger partial charge in [0.05, 0.1) is 12.1 Å². The Labute approximate surface area is 118 Å². The molecule has 0 aromatic heterocycles. The fraction of sp³-hybridized carbons (Fsp3) is 0.857. The molecule has 3 fully saturated rings. The summed E-state index contributed by atoms with van der Waals surface area (Å²) in [5, 5.41) is 15.5. The summed E-state index contributed by atoms with van der Waals surface area (Å²) in [5.74, 6) is 0.564. The summed E-state index contributed by atoms with van der Waals surface area (Å²) >= 11 is 0. The van der Waals surface area contributed by atoms with Crippen molar-refractivity contribution in [1.82, 2.24) is 15.5 Å². The molecule has 3 aliphatic rings. The maximum atomic E-state index is 12.0. The maximum absolute atomic E-state index is 12.0. The molecule has 1 aliphatic carbocycles. The van der Waals surface area contributed by atoms with Gasteiger partial charge in [0.2, 0.25) is 11.8 Å². The molecule has 20 heavy (non-hydrogen) atoms. The van der Waals surface area contributed by atoms with E-state index in [0.717, 1.165) is 38.8 Å². The third-order valence-electron chi connectivity index (χ3n) is 4.50. The molecule has 0 aromatic rings. The molecule has 2 amide bonds. The first-order valence-corrected chi connectivity index (χ1v) is 7.64. The van der Waals surface area contributed by atoms with Crippen LogP contribution in [0.2, 0.25) is 0 Å². The zero-order valence-corrected chi connectivity index (χ0v) is 11.7. The second kappa shape index (κ2) is 5.69. The molecular formula is C14H23N3O3. The number of carbonyl (C=O) groups excluding carboxylic acids is 2. The lowest BCUT2D eigenvalue weighted by molar-refractivity contribution is -0.133. The van der Waals surface area contributed by atoms with Gasteiger partial charge in [-0.3, -0.25) is 9.59 Å². The van der Waals surface area contributed by atoms with Gasteiger partial charge in [0, 0.05) is 31.6 Å². The average Bonchev–Trinajstić information content (AvgIpc) is 3.20. The highest BCUT2D eigenvalue weighted by Crippen LogP contribution is 2.31. The Morgan fingerprint density at radius 3 is 2.40 bits per heavy atom. The molecule has 0 spiro atoms. The van der Waals surface area contributed by atoms with Crippen LogP contribution in [0, 0.1) is 5.92 Å². The minimum Gasteiger partial charge on any atom is -0.392 e. The molecular weight excluding hydrogens is 258 g/mol. The number of likely N-dealkylation sites (tertiary alicyclic amines) is 1. The summed E-state index contributed by atoms with van der Waals surface area (Å²) < 4.78 is 0. The summed E-state index contributed by atoms with van der Waals surface area (Å²) in [6.07, 6.45) is 3.84. The first-order valence-electron chi connectivity index (χ1n) is 7.64. The molecule has 3 rings (SSSR count). The van der Waals surface area contributed by atoms with Crippen molar-refractivity contribution in [2.45, 2.75) is 50.3 Å². The molecule has 0 radical (unpaired) electrons. The number of aliphatic hydroxyl groups is 1. The normalized spacial score (nSPS) is 31.4. The molecule has 2 heterocycles. The molecule has 112 valence electrons. The van der Waals surface area contributed by atoms with Crippen molar-refractivity contribution in [1.29, 1.82) is 0 Å². The summed E-state index contributed by atoms with van der Waals surface area (Å²) in [6.45, 7) is 1.99. The van der Waals surface area contributed by atoms with E-state index in [1.165, 1.54) is 0 Å². The standard InChI is InChI=1S/C14H23N3O3/c18-11-7-12(15-8-11)13(19)16-10-3-5-17(6-4-10)14(20)9-1-2-9/h9-12,15,18H,1-8H2,(H,16,19). The Hall–Kier alpha value is -1.14. The minimum absolute atomic E-state index is 0.0199. The zero-order valence-electron chi connectivity index (χ0n) is 11.7. The SMILES string of the molecule is O=C(NC1CCN(C(=O)C2CC2)CC1)C1CC(O)CN1. The lowest BCUT2D eigenvalue weighted by atomic mass is 10.0. The van der Waals surface area contributed by atoms with Gasteiger partial charge in [0.25, 0.3) is 0 Å². The average molecular weight is 281 g/mol. The Morgan fingerprint density at radius 2 is 1.85 bits per heavy atom. The largest absolute Gasteiger partial charge is 0.392 e. The first-order chi connectivity index (χ1) is 9.63. The van der Waals surface area contributed by atoms with Crippen molar-refractivity contribution in [3.8, 4) is 0 Å². The molecule has 2 aliphatic heterocycles. The number of β-amino-alcohol motifs (C(OH)–C–C–N with tert-alkyl or cyclic N) is 1. The third-order valence-corrected chi connectivity index (χ3v) is 4.50. The van der Waals surface area contributed by atoms with E-state index in [2.05, 4.69) is 10.6 Å². The van der Waals surface area contributed by atoms with Gasteiger partial charge in [0.15, 0.2) is 0 Å². The molecule has 2 unspecified atom stereocenters. The molecule has 3 N–H and O–H groups in total. The first kappa shape index (κ1) is 13.8. The van der Waals surface area contributed by atoms with Crippen LogP contribution >= 0.6 is 0 Å². The van der Waals surface area contributed by atoms with E-state index in [1.807, 2.05) is 4.90 Å². The number of nitrogens with one attached hydrogen (secondary N) is 2. The topological polar surface area (TPSA) is 81.7 Å². The summed E-state index contributed by atoms with van der Waals surface area (Å²) in [7, 11) is 0. The lowest BCUT2D eigenvalue weighted by Gasteiger charge is -2.33. The van der Waals surface area contributed by atoms with Gasteiger partial charge in [-0.1, -0.05) is 0 Å². The summed E-state index contributed by atoms with van der Waals surface area (Å²) in [6, 6.07) is -0.110. The second-order valence-electron chi connectivity index (χ2n) is 6.23. The molecule has 6 nitrogen and oxygen atoms in total. The van der Waals surface area contributed by atoms with Crippen molar-refractivity contribution in [3.63, 3.8) is 0 Å². The van der Waals surface area contributed by atoms with E-state index in [-0.39, 0.29) is 23.9 Å². The highest BCUT2D eigenvalue weighted by Gasteiger charge is 2.35. The fourth-order valence-corrected chi connectivity index (χ4v) is 3.05. The van der Waals surface area contributed by atoms with E-state index < -0.39 is 6.10 Å². The number of piperidine rings is 1. The number of nitrogens with zero attached hydrogens (tertiary/aromatic N) is 1. The molecule has 1 saturated carbocycles. The lowest BCUT2D eigenvalue weighted by Crippen LogP contribution is -2.50. The van der Waals surface area contributed by atoms with Gasteiger partial charge in [-0.05, 0) is 32.1 Å². The Bertz CT molecular complexity index is 389. The zero-order chi connectivity index (χ0) is 14.1. The fourth-order valence-electron chi connectivity index (χ4n) is 3.05. The van der Waals surface area contributed by atoms with Crippen molar-refractivity contribution in [3.05, 3.63) is 0 Å². The van der Waals surface area contributed by atoms with E-state index in [1.54, 1.807) is 0 Å². The van der Waals surface area contributed by atoms with E-state index >= 15 is 0 Å². The van der Waals surface area contributed by atoms with Crippen LogP contribution in [0.25, 0.3) is 0 Å². The highest BCUT2D eigenvalue weighted by atomic mass is 16.3. The van der Waals surface area contributed by atoms with Crippen LogP contribution in [-0.2, 0) is 9.59 Å². The summed E-state index contributed by atoms with van der Waals surface area (Å²) in [4.78, 5) is 25.9. The molecule has 6 heteroatoms. The van der Waals surface area contributed by atoms with Crippen LogP contribution in [0.1, 0.15) is 32.1 Å². The van der Waals surface area contributed by atoms with Crippen molar-refractivity contribution < 1.29 is 14.7 Å². The monoisotopic (exact) mass is 281 g/mol. The quantitative estimate of drug-likeness (QED) is 0.634. The molecule has 2 atom stereocenters. The third kappa shape index (κ3) is 3.12. The van der Waals surface area contributed by atoms with E-state index in [4.69, 9.17) is 0 Å². The van der Waals surface area contributed by atoms with Gasteiger partial charge in [-0.2, -0.15) is 0 Å². The van der Waals surface area contributed by atoms with Crippen molar-refractivity contribution >= 4 is 11.8 Å². The van der Waals surface area contributed by atoms with Crippen LogP contribution < -0.4 is 10.6 Å². The van der Waals surface area contributed by atoms with Gasteiger partial charge >= 0.3 is 0 Å². The Kier molecular flexibility index (Phi) is 3.94. The van der Waals surface area contributed by atoms with Crippen molar-refractivity contribution in [2.24, 2.45) is 5.92 Å². The van der Waals surface area contributed by atoms with Crippen LogP contribution in [0.4, 0.5) is 0 Å². The van der Waals surface area contributed by atoms with Gasteiger partial charge in [-0.25, -0.2) is 0 Å². The van der Waals surface area contributed by atoms with Gasteiger partial charge in [0.1, 0.15) is 0 Å². The number of aliphatic hydroxyl groups excluding tert-OH is 1. The smallest absolute Gasteiger partial charge is 0.237 e. The van der Waals surface area contributed by atoms with Crippen LogP contribution in [-0.4, -0.2) is 59.6 Å².